The Morgan fingerprint density at radius 2 is 1.86 bits per heavy atom. The van der Waals surface area contributed by atoms with E-state index in [1.807, 2.05) is 13.8 Å². The molecule has 1 aromatic rings. The highest BCUT2D eigenvalue weighted by molar-refractivity contribution is 5.47. The molecule has 0 radical (unpaired) electrons. The van der Waals surface area contributed by atoms with E-state index in [9.17, 15) is 17.6 Å². The second kappa shape index (κ2) is 6.79. The molecule has 0 aliphatic carbocycles. The number of rotatable bonds is 6. The van der Waals surface area contributed by atoms with Crippen LogP contribution < -0.4 is 5.32 Å². The van der Waals surface area contributed by atoms with E-state index >= 15 is 0 Å². The zero-order valence-corrected chi connectivity index (χ0v) is 12.0. The number of anilines is 1. The minimum absolute atomic E-state index is 0.149. The van der Waals surface area contributed by atoms with Crippen LogP contribution in [0.15, 0.2) is 18.2 Å². The largest absolute Gasteiger partial charge is 0.416 e. The van der Waals surface area contributed by atoms with Crippen molar-refractivity contribution in [3.63, 3.8) is 0 Å². The fraction of sp³-hybridized carbons (Fsp3) is 0.533. The summed E-state index contributed by atoms with van der Waals surface area (Å²) in [6, 6.07) is 4.48. The van der Waals surface area contributed by atoms with Crippen molar-refractivity contribution < 1.29 is 17.6 Å². The van der Waals surface area contributed by atoms with Crippen LogP contribution >= 0.6 is 0 Å². The van der Waals surface area contributed by atoms with Crippen LogP contribution in [0.25, 0.3) is 0 Å². The second-order valence-electron chi connectivity index (χ2n) is 5.57. The molecule has 6 heteroatoms. The molecule has 0 saturated heterocycles. The summed E-state index contributed by atoms with van der Waals surface area (Å²) in [6.45, 7) is 4.01. The van der Waals surface area contributed by atoms with Gasteiger partial charge in [-0.2, -0.15) is 18.4 Å². The third-order valence-electron chi connectivity index (χ3n) is 3.14. The van der Waals surface area contributed by atoms with Gasteiger partial charge in [-0.1, -0.05) is 6.42 Å². The number of hydrogen-bond donors (Lipinski definition) is 1. The van der Waals surface area contributed by atoms with E-state index < -0.39 is 23.0 Å². The third kappa shape index (κ3) is 5.62. The summed E-state index contributed by atoms with van der Waals surface area (Å²) in [4.78, 5) is 0. The van der Waals surface area contributed by atoms with Crippen LogP contribution in [0.1, 0.15) is 38.7 Å². The zero-order valence-electron chi connectivity index (χ0n) is 12.0. The van der Waals surface area contributed by atoms with Crippen molar-refractivity contribution in [2.24, 2.45) is 5.41 Å². The molecule has 0 aliphatic rings. The van der Waals surface area contributed by atoms with Crippen molar-refractivity contribution in [2.75, 3.05) is 11.9 Å². The standard InChI is InChI=1S/C15H18F4N2/c1-14(2,10-20)7-3-4-8-21-13-9-11(15(17,18)19)5-6-12(13)16/h5-6,9,21H,3-4,7-8H2,1-2H3. The van der Waals surface area contributed by atoms with Gasteiger partial charge < -0.3 is 5.32 Å². The van der Waals surface area contributed by atoms with Gasteiger partial charge >= 0.3 is 6.18 Å². The van der Waals surface area contributed by atoms with Gasteiger partial charge in [0.15, 0.2) is 0 Å². The van der Waals surface area contributed by atoms with Gasteiger partial charge in [0.25, 0.3) is 0 Å². The molecule has 1 rings (SSSR count). The SMILES string of the molecule is CC(C)(C#N)CCCCNc1cc(C(F)(F)F)ccc1F. The van der Waals surface area contributed by atoms with E-state index in [1.54, 1.807) is 0 Å². The first kappa shape index (κ1) is 17.3. The minimum atomic E-state index is -4.49. The second-order valence-corrected chi connectivity index (χ2v) is 5.57. The number of nitriles is 1. The Labute approximate surface area is 121 Å². The van der Waals surface area contributed by atoms with Crippen molar-refractivity contribution >= 4 is 5.69 Å². The minimum Gasteiger partial charge on any atom is -0.383 e. The molecule has 21 heavy (non-hydrogen) atoms. The zero-order chi connectivity index (χ0) is 16.1. The first-order valence-electron chi connectivity index (χ1n) is 6.67. The first-order valence-corrected chi connectivity index (χ1v) is 6.67. The molecule has 0 bridgehead atoms. The summed E-state index contributed by atoms with van der Waals surface area (Å²) in [7, 11) is 0. The first-order chi connectivity index (χ1) is 9.65. The number of halogens is 4. The lowest BCUT2D eigenvalue weighted by molar-refractivity contribution is -0.137. The molecule has 2 nitrogen and oxygen atoms in total. The molecule has 0 heterocycles. The summed E-state index contributed by atoms with van der Waals surface area (Å²) in [5.74, 6) is -0.708. The number of alkyl halides is 3. The highest BCUT2D eigenvalue weighted by Gasteiger charge is 2.31. The molecule has 0 spiro atoms. The van der Waals surface area contributed by atoms with Crippen molar-refractivity contribution in [2.45, 2.75) is 39.3 Å². The molecule has 1 aromatic carbocycles. The van der Waals surface area contributed by atoms with E-state index in [0.717, 1.165) is 24.6 Å². The van der Waals surface area contributed by atoms with E-state index in [2.05, 4.69) is 11.4 Å². The lowest BCUT2D eigenvalue weighted by Crippen LogP contribution is -2.10. The van der Waals surface area contributed by atoms with Gasteiger partial charge in [-0.25, -0.2) is 4.39 Å². The van der Waals surface area contributed by atoms with E-state index in [4.69, 9.17) is 5.26 Å². The van der Waals surface area contributed by atoms with Gasteiger partial charge in [0, 0.05) is 6.54 Å². The molecular weight excluding hydrogens is 284 g/mol. The van der Waals surface area contributed by atoms with Crippen molar-refractivity contribution in [3.05, 3.63) is 29.6 Å². The summed E-state index contributed by atoms with van der Waals surface area (Å²) in [5, 5.41) is 11.5. The molecule has 1 N–H and O–H groups in total. The normalized spacial score (nSPS) is 12.0. The molecule has 0 atom stereocenters. The molecule has 0 aromatic heterocycles. The number of nitrogens with zero attached hydrogens (tertiary/aromatic N) is 1. The lowest BCUT2D eigenvalue weighted by atomic mass is 9.89. The topological polar surface area (TPSA) is 35.8 Å². The van der Waals surface area contributed by atoms with Crippen LogP contribution in [0.5, 0.6) is 0 Å². The monoisotopic (exact) mass is 302 g/mol. The Hall–Kier alpha value is -1.77. The number of hydrogen-bond acceptors (Lipinski definition) is 2. The summed E-state index contributed by atoms with van der Waals surface area (Å²) >= 11 is 0. The third-order valence-corrected chi connectivity index (χ3v) is 3.14. The smallest absolute Gasteiger partial charge is 0.383 e. The predicted molar refractivity (Wildman–Crippen MR) is 73.1 cm³/mol. The highest BCUT2D eigenvalue weighted by atomic mass is 19.4. The molecule has 0 aliphatic heterocycles. The lowest BCUT2D eigenvalue weighted by Gasteiger charge is -2.15. The summed E-state index contributed by atoms with van der Waals surface area (Å²) in [6.07, 6.45) is -2.40. The molecular formula is C15H18F4N2. The highest BCUT2D eigenvalue weighted by Crippen LogP contribution is 2.31. The van der Waals surface area contributed by atoms with E-state index in [0.29, 0.717) is 19.4 Å². The maximum atomic E-state index is 13.4. The maximum absolute atomic E-state index is 13.4. The molecule has 116 valence electrons. The molecule has 0 saturated carbocycles. The van der Waals surface area contributed by atoms with Gasteiger partial charge in [-0.15, -0.1) is 0 Å². The Kier molecular flexibility index (Phi) is 5.59. The van der Waals surface area contributed by atoms with Crippen LogP contribution in [0.4, 0.5) is 23.2 Å². The average molecular weight is 302 g/mol. The Morgan fingerprint density at radius 3 is 2.43 bits per heavy atom. The number of unbranched alkanes of at least 4 members (excludes halogenated alkanes) is 1. The van der Waals surface area contributed by atoms with Gasteiger partial charge in [-0.05, 0) is 44.9 Å². The van der Waals surface area contributed by atoms with E-state index in [-0.39, 0.29) is 5.69 Å². The fourth-order valence-corrected chi connectivity index (χ4v) is 1.81. The maximum Gasteiger partial charge on any atom is 0.416 e. The van der Waals surface area contributed by atoms with Crippen molar-refractivity contribution in [1.82, 2.24) is 0 Å². The van der Waals surface area contributed by atoms with Gasteiger partial charge in [0.1, 0.15) is 5.82 Å². The van der Waals surface area contributed by atoms with Crippen LogP contribution in [-0.4, -0.2) is 6.54 Å². The predicted octanol–water partition coefficient (Wildman–Crippen LogP) is 4.98. The van der Waals surface area contributed by atoms with Gasteiger partial charge in [-0.3, -0.25) is 0 Å². The van der Waals surface area contributed by atoms with Crippen molar-refractivity contribution in [3.8, 4) is 6.07 Å². The summed E-state index contributed by atoms with van der Waals surface area (Å²) in [5.41, 5.74) is -1.44. The van der Waals surface area contributed by atoms with Crippen LogP contribution in [-0.2, 0) is 6.18 Å². The van der Waals surface area contributed by atoms with Crippen molar-refractivity contribution in [1.29, 1.82) is 5.26 Å². The average Bonchev–Trinajstić information content (AvgIpc) is 2.39. The summed E-state index contributed by atoms with van der Waals surface area (Å²) < 4.78 is 51.0. The number of benzene rings is 1. The molecule has 0 unspecified atom stereocenters. The fourth-order valence-electron chi connectivity index (χ4n) is 1.81. The van der Waals surface area contributed by atoms with Crippen LogP contribution in [0, 0.1) is 22.6 Å². The Balaban J connectivity index is 2.51. The molecule has 0 amide bonds. The van der Waals surface area contributed by atoms with Gasteiger partial charge in [0.2, 0.25) is 0 Å². The quantitative estimate of drug-likeness (QED) is 0.594. The number of nitrogens with one attached hydrogen (secondary N) is 1. The van der Waals surface area contributed by atoms with Gasteiger partial charge in [0.05, 0.1) is 22.7 Å². The van der Waals surface area contributed by atoms with E-state index in [1.165, 1.54) is 0 Å². The van der Waals surface area contributed by atoms with Crippen LogP contribution in [0.3, 0.4) is 0 Å². The Bertz CT molecular complexity index is 515. The Morgan fingerprint density at radius 1 is 1.19 bits per heavy atom. The van der Waals surface area contributed by atoms with Crippen LogP contribution in [0.2, 0.25) is 0 Å². The molecule has 0 fully saturated rings.